The lowest BCUT2D eigenvalue weighted by molar-refractivity contribution is 0.0702. The summed E-state index contributed by atoms with van der Waals surface area (Å²) in [6.45, 7) is 1.94. The molecule has 0 bridgehead atoms. The molecule has 0 saturated heterocycles. The molecule has 0 aliphatic carbocycles. The molecular formula is C17H15NO4S2. The fraction of sp³-hybridized carbons (Fsp3) is 0.118. The molecule has 1 aromatic heterocycles. The zero-order valence-electron chi connectivity index (χ0n) is 12.8. The van der Waals surface area contributed by atoms with E-state index < -0.39 is 16.0 Å². The molecule has 24 heavy (non-hydrogen) atoms. The monoisotopic (exact) mass is 361 g/mol. The van der Waals surface area contributed by atoms with Crippen LogP contribution in [0.2, 0.25) is 0 Å². The van der Waals surface area contributed by atoms with Crippen LogP contribution in [-0.4, -0.2) is 19.5 Å². The van der Waals surface area contributed by atoms with Crippen molar-refractivity contribution < 1.29 is 18.3 Å². The second-order valence-corrected chi connectivity index (χ2v) is 8.32. The molecular weight excluding hydrogens is 346 g/mol. The molecule has 0 radical (unpaired) electrons. The first-order valence-corrected chi connectivity index (χ1v) is 9.62. The van der Waals surface area contributed by atoms with Gasteiger partial charge in [0, 0.05) is 10.4 Å². The van der Waals surface area contributed by atoms with E-state index in [1.807, 2.05) is 19.1 Å². The van der Waals surface area contributed by atoms with Gasteiger partial charge in [0.2, 0.25) is 10.0 Å². The van der Waals surface area contributed by atoms with Gasteiger partial charge in [0.25, 0.3) is 0 Å². The molecule has 0 spiro atoms. The van der Waals surface area contributed by atoms with Gasteiger partial charge >= 0.3 is 5.97 Å². The summed E-state index contributed by atoms with van der Waals surface area (Å²) >= 11 is 1.16. The maximum Gasteiger partial charge on any atom is 0.345 e. The number of carbonyl (C=O) groups is 1. The Morgan fingerprint density at radius 3 is 2.50 bits per heavy atom. The Morgan fingerprint density at radius 1 is 1.12 bits per heavy atom. The third-order valence-electron chi connectivity index (χ3n) is 3.48. The zero-order valence-corrected chi connectivity index (χ0v) is 14.4. The second kappa shape index (κ2) is 6.26. The molecule has 0 aliphatic heterocycles. The van der Waals surface area contributed by atoms with Crippen molar-refractivity contribution in [3.05, 3.63) is 64.5 Å². The summed E-state index contributed by atoms with van der Waals surface area (Å²) in [7, 11) is -3.54. The van der Waals surface area contributed by atoms with E-state index in [9.17, 15) is 13.2 Å². The summed E-state index contributed by atoms with van der Waals surface area (Å²) < 4.78 is 27.9. The van der Waals surface area contributed by atoms with Gasteiger partial charge in [0.05, 0.1) is 5.75 Å². The molecule has 124 valence electrons. The van der Waals surface area contributed by atoms with Gasteiger partial charge < -0.3 is 5.11 Å². The number of aryl methyl sites for hydroxylation is 1. The molecule has 0 unspecified atom stereocenters. The average molecular weight is 361 g/mol. The minimum absolute atomic E-state index is 0.116. The molecule has 0 saturated carbocycles. The van der Waals surface area contributed by atoms with E-state index in [0.717, 1.165) is 21.6 Å². The quantitative estimate of drug-likeness (QED) is 0.723. The first-order chi connectivity index (χ1) is 11.3. The minimum atomic E-state index is -3.54. The lowest BCUT2D eigenvalue weighted by Gasteiger charge is -2.08. The van der Waals surface area contributed by atoms with Gasteiger partial charge in [-0.3, -0.25) is 4.72 Å². The van der Waals surface area contributed by atoms with Gasteiger partial charge in [-0.2, -0.15) is 0 Å². The van der Waals surface area contributed by atoms with Crippen LogP contribution in [0.25, 0.3) is 10.1 Å². The Bertz CT molecular complexity index is 1000. The number of carboxylic acids is 1. The smallest absolute Gasteiger partial charge is 0.345 e. The molecule has 0 amide bonds. The van der Waals surface area contributed by atoms with Crippen molar-refractivity contribution in [2.45, 2.75) is 12.7 Å². The number of aromatic carboxylic acids is 1. The fourth-order valence-corrected chi connectivity index (χ4v) is 4.40. The first kappa shape index (κ1) is 16.5. The lowest BCUT2D eigenvalue weighted by atomic mass is 10.2. The Balaban J connectivity index is 1.82. The van der Waals surface area contributed by atoms with Crippen molar-refractivity contribution in [1.82, 2.24) is 0 Å². The van der Waals surface area contributed by atoms with Crippen molar-refractivity contribution in [2.24, 2.45) is 0 Å². The highest BCUT2D eigenvalue weighted by atomic mass is 32.2. The van der Waals surface area contributed by atoms with Crippen LogP contribution in [0.3, 0.4) is 0 Å². The van der Waals surface area contributed by atoms with Gasteiger partial charge in [-0.15, -0.1) is 11.3 Å². The highest BCUT2D eigenvalue weighted by Crippen LogP contribution is 2.28. The highest BCUT2D eigenvalue weighted by Gasteiger charge is 2.13. The largest absolute Gasteiger partial charge is 0.477 e. The van der Waals surface area contributed by atoms with Gasteiger partial charge in [0.15, 0.2) is 0 Å². The first-order valence-electron chi connectivity index (χ1n) is 7.15. The van der Waals surface area contributed by atoms with Crippen LogP contribution in [0, 0.1) is 6.92 Å². The van der Waals surface area contributed by atoms with Crippen LogP contribution >= 0.6 is 11.3 Å². The summed E-state index contributed by atoms with van der Waals surface area (Å²) in [6, 6.07) is 13.9. The van der Waals surface area contributed by atoms with Crippen molar-refractivity contribution in [2.75, 3.05) is 4.72 Å². The van der Waals surface area contributed by atoms with Crippen molar-refractivity contribution in [3.63, 3.8) is 0 Å². The van der Waals surface area contributed by atoms with Crippen LogP contribution in [0.1, 0.15) is 20.8 Å². The molecule has 0 aliphatic rings. The summed E-state index contributed by atoms with van der Waals surface area (Å²) in [5.74, 6) is -1.10. The number of benzene rings is 2. The van der Waals surface area contributed by atoms with Gasteiger partial charge in [0.1, 0.15) is 4.88 Å². The predicted molar refractivity (Wildman–Crippen MR) is 96.2 cm³/mol. The molecule has 0 fully saturated rings. The molecule has 2 aromatic carbocycles. The SMILES string of the molecule is Cc1ccc(CS(=O)(=O)Nc2ccc3sc(C(=O)O)cc3c2)cc1. The normalized spacial score (nSPS) is 11.5. The number of fused-ring (bicyclic) bond motifs is 1. The van der Waals surface area contributed by atoms with Crippen molar-refractivity contribution in [3.8, 4) is 0 Å². The fourth-order valence-electron chi connectivity index (χ4n) is 2.33. The Labute approximate surface area is 143 Å². The summed E-state index contributed by atoms with van der Waals surface area (Å²) in [6.07, 6.45) is 0. The standard InChI is InChI=1S/C17H15NO4S2/c1-11-2-4-12(5-3-11)10-24(21,22)18-14-6-7-15-13(8-14)9-16(23-15)17(19)20/h2-9,18H,10H2,1H3,(H,19,20). The van der Waals surface area contributed by atoms with Gasteiger partial charge in [-0.05, 0) is 42.1 Å². The zero-order chi connectivity index (χ0) is 17.3. The third-order valence-corrected chi connectivity index (χ3v) is 5.84. The molecule has 3 aromatic rings. The number of hydrogen-bond donors (Lipinski definition) is 2. The number of nitrogens with one attached hydrogen (secondary N) is 1. The highest BCUT2D eigenvalue weighted by molar-refractivity contribution is 7.91. The summed E-state index contributed by atoms with van der Waals surface area (Å²) in [5, 5.41) is 9.73. The van der Waals surface area contributed by atoms with Crippen LogP contribution in [0.5, 0.6) is 0 Å². The minimum Gasteiger partial charge on any atom is -0.477 e. The second-order valence-electron chi connectivity index (χ2n) is 5.52. The number of carboxylic acid groups (broad SMARTS) is 1. The van der Waals surface area contributed by atoms with E-state index >= 15 is 0 Å². The van der Waals surface area contributed by atoms with Gasteiger partial charge in [-0.25, -0.2) is 13.2 Å². The average Bonchev–Trinajstić information content (AvgIpc) is 2.92. The molecule has 3 rings (SSSR count). The molecule has 2 N–H and O–H groups in total. The van der Waals surface area contributed by atoms with Crippen molar-refractivity contribution >= 4 is 43.1 Å². The lowest BCUT2D eigenvalue weighted by Crippen LogP contribution is -2.14. The van der Waals surface area contributed by atoms with E-state index in [-0.39, 0.29) is 10.6 Å². The van der Waals surface area contributed by atoms with E-state index in [0.29, 0.717) is 16.6 Å². The van der Waals surface area contributed by atoms with Crippen LogP contribution in [0.4, 0.5) is 5.69 Å². The van der Waals surface area contributed by atoms with E-state index in [4.69, 9.17) is 5.11 Å². The number of rotatable bonds is 5. The maximum absolute atomic E-state index is 12.3. The van der Waals surface area contributed by atoms with E-state index in [2.05, 4.69) is 4.72 Å². The maximum atomic E-state index is 12.3. The van der Waals surface area contributed by atoms with Gasteiger partial charge in [-0.1, -0.05) is 29.8 Å². The van der Waals surface area contributed by atoms with Crippen molar-refractivity contribution in [1.29, 1.82) is 0 Å². The number of anilines is 1. The van der Waals surface area contributed by atoms with E-state index in [1.54, 1.807) is 36.4 Å². The molecule has 1 heterocycles. The Kier molecular flexibility index (Phi) is 4.29. The third kappa shape index (κ3) is 3.74. The van der Waals surface area contributed by atoms with E-state index in [1.165, 1.54) is 0 Å². The van der Waals surface area contributed by atoms with Crippen LogP contribution in [-0.2, 0) is 15.8 Å². The summed E-state index contributed by atoms with van der Waals surface area (Å²) in [5.41, 5.74) is 2.20. The topological polar surface area (TPSA) is 83.5 Å². The van der Waals surface area contributed by atoms with Crippen LogP contribution < -0.4 is 4.72 Å². The molecule has 5 nitrogen and oxygen atoms in total. The number of sulfonamides is 1. The Morgan fingerprint density at radius 2 is 1.83 bits per heavy atom. The van der Waals surface area contributed by atoms with Crippen LogP contribution in [0.15, 0.2) is 48.5 Å². The Hall–Kier alpha value is -2.38. The number of thiophene rings is 1. The summed E-state index contributed by atoms with van der Waals surface area (Å²) in [4.78, 5) is 11.2. The number of hydrogen-bond acceptors (Lipinski definition) is 4. The molecule has 0 atom stereocenters. The molecule has 7 heteroatoms. The predicted octanol–water partition coefficient (Wildman–Crippen LogP) is 3.85.